The Morgan fingerprint density at radius 1 is 1.25 bits per heavy atom. The first-order valence-corrected chi connectivity index (χ1v) is 6.91. The van der Waals surface area contributed by atoms with Crippen LogP contribution in [0.4, 0.5) is 0 Å². The lowest BCUT2D eigenvalue weighted by Gasteiger charge is -2.37. The molecule has 16 heavy (non-hydrogen) atoms. The third-order valence-corrected chi connectivity index (χ3v) is 3.97. The van der Waals surface area contributed by atoms with Crippen molar-refractivity contribution in [3.63, 3.8) is 0 Å². The van der Waals surface area contributed by atoms with Crippen molar-refractivity contribution in [1.82, 2.24) is 4.90 Å². The van der Waals surface area contributed by atoms with Crippen LogP contribution >= 0.6 is 0 Å². The summed E-state index contributed by atoms with van der Waals surface area (Å²) in [5.41, 5.74) is 6.47. The Hall–Kier alpha value is -0.0800. The van der Waals surface area contributed by atoms with Gasteiger partial charge in [0.15, 0.2) is 0 Å². The lowest BCUT2D eigenvalue weighted by Crippen LogP contribution is -2.47. The SMILES string of the molecule is CCCC1CCN(CC(N)C(C)(C)C)CC1. The van der Waals surface area contributed by atoms with Gasteiger partial charge in [0.05, 0.1) is 0 Å². The molecule has 1 heterocycles. The van der Waals surface area contributed by atoms with Crippen molar-refractivity contribution in [3.05, 3.63) is 0 Å². The van der Waals surface area contributed by atoms with Crippen LogP contribution in [0.2, 0.25) is 0 Å². The average molecular weight is 226 g/mol. The van der Waals surface area contributed by atoms with E-state index in [1.807, 2.05) is 0 Å². The van der Waals surface area contributed by atoms with Crippen LogP contribution in [0, 0.1) is 11.3 Å². The molecule has 0 aromatic rings. The molecule has 96 valence electrons. The summed E-state index contributed by atoms with van der Waals surface area (Å²) in [6, 6.07) is 0.301. The summed E-state index contributed by atoms with van der Waals surface area (Å²) in [7, 11) is 0. The Morgan fingerprint density at radius 2 is 1.81 bits per heavy atom. The minimum Gasteiger partial charge on any atom is -0.326 e. The zero-order chi connectivity index (χ0) is 12.2. The molecule has 0 bridgehead atoms. The zero-order valence-corrected chi connectivity index (χ0v) is 11.6. The second-order valence-corrected chi connectivity index (χ2v) is 6.51. The van der Waals surface area contributed by atoms with E-state index in [4.69, 9.17) is 5.73 Å². The smallest absolute Gasteiger partial charge is 0.0217 e. The van der Waals surface area contributed by atoms with Crippen molar-refractivity contribution in [2.75, 3.05) is 19.6 Å². The predicted molar refractivity (Wildman–Crippen MR) is 71.5 cm³/mol. The molecule has 0 aromatic carbocycles. The van der Waals surface area contributed by atoms with Crippen molar-refractivity contribution < 1.29 is 0 Å². The number of piperidine rings is 1. The lowest BCUT2D eigenvalue weighted by atomic mass is 9.86. The molecule has 1 atom stereocenters. The summed E-state index contributed by atoms with van der Waals surface area (Å²) in [5, 5.41) is 0. The number of rotatable bonds is 4. The fourth-order valence-corrected chi connectivity index (χ4v) is 2.42. The number of hydrogen-bond donors (Lipinski definition) is 1. The van der Waals surface area contributed by atoms with Crippen molar-refractivity contribution >= 4 is 0 Å². The van der Waals surface area contributed by atoms with Crippen LogP contribution in [-0.2, 0) is 0 Å². The summed E-state index contributed by atoms with van der Waals surface area (Å²) in [4.78, 5) is 2.56. The van der Waals surface area contributed by atoms with Crippen molar-refractivity contribution in [2.45, 2.75) is 59.4 Å². The van der Waals surface area contributed by atoms with Gasteiger partial charge in [-0.3, -0.25) is 0 Å². The fraction of sp³-hybridized carbons (Fsp3) is 1.00. The molecule has 0 aromatic heterocycles. The molecular formula is C14H30N2. The summed E-state index contributed by atoms with van der Waals surface area (Å²) >= 11 is 0. The van der Waals surface area contributed by atoms with Gasteiger partial charge in [-0.15, -0.1) is 0 Å². The molecule has 1 rings (SSSR count). The summed E-state index contributed by atoms with van der Waals surface area (Å²) in [6.07, 6.45) is 5.51. The van der Waals surface area contributed by atoms with Gasteiger partial charge in [-0.2, -0.15) is 0 Å². The summed E-state index contributed by atoms with van der Waals surface area (Å²) < 4.78 is 0. The first-order valence-electron chi connectivity index (χ1n) is 6.91. The quantitative estimate of drug-likeness (QED) is 0.798. The highest BCUT2D eigenvalue weighted by Gasteiger charge is 2.25. The topological polar surface area (TPSA) is 29.3 Å². The van der Waals surface area contributed by atoms with Gasteiger partial charge >= 0.3 is 0 Å². The Labute approximate surface area is 102 Å². The van der Waals surface area contributed by atoms with Gasteiger partial charge < -0.3 is 10.6 Å². The van der Waals surface area contributed by atoms with Crippen LogP contribution in [0.25, 0.3) is 0 Å². The normalized spacial score (nSPS) is 22.3. The van der Waals surface area contributed by atoms with Crippen molar-refractivity contribution in [1.29, 1.82) is 0 Å². The van der Waals surface area contributed by atoms with Crippen LogP contribution in [0.15, 0.2) is 0 Å². The second-order valence-electron chi connectivity index (χ2n) is 6.51. The number of likely N-dealkylation sites (tertiary alicyclic amines) is 1. The van der Waals surface area contributed by atoms with Crippen LogP contribution in [-0.4, -0.2) is 30.6 Å². The van der Waals surface area contributed by atoms with Gasteiger partial charge in [0.1, 0.15) is 0 Å². The zero-order valence-electron chi connectivity index (χ0n) is 11.6. The Bertz CT molecular complexity index is 187. The van der Waals surface area contributed by atoms with Gasteiger partial charge in [-0.25, -0.2) is 0 Å². The maximum Gasteiger partial charge on any atom is 0.0217 e. The molecule has 0 aliphatic carbocycles. The fourth-order valence-electron chi connectivity index (χ4n) is 2.42. The summed E-state index contributed by atoms with van der Waals surface area (Å²) in [5.74, 6) is 0.979. The highest BCUT2D eigenvalue weighted by molar-refractivity contribution is 4.82. The minimum atomic E-state index is 0.236. The molecule has 1 aliphatic heterocycles. The van der Waals surface area contributed by atoms with E-state index in [-0.39, 0.29) is 5.41 Å². The maximum atomic E-state index is 6.23. The molecule has 2 heteroatoms. The third-order valence-electron chi connectivity index (χ3n) is 3.97. The standard InChI is InChI=1S/C14H30N2/c1-5-6-12-7-9-16(10-8-12)11-13(15)14(2,3)4/h12-13H,5-11,15H2,1-4H3. The molecule has 0 spiro atoms. The van der Waals surface area contributed by atoms with E-state index < -0.39 is 0 Å². The first kappa shape index (κ1) is 14.0. The van der Waals surface area contributed by atoms with E-state index in [0.717, 1.165) is 12.5 Å². The average Bonchev–Trinajstić information content (AvgIpc) is 2.20. The molecular weight excluding hydrogens is 196 g/mol. The molecule has 1 saturated heterocycles. The summed E-state index contributed by atoms with van der Waals surface area (Å²) in [6.45, 7) is 12.6. The monoisotopic (exact) mass is 226 g/mol. The number of nitrogens with two attached hydrogens (primary N) is 1. The molecule has 1 aliphatic rings. The van der Waals surface area contributed by atoms with Crippen LogP contribution in [0.3, 0.4) is 0 Å². The maximum absolute atomic E-state index is 6.23. The first-order chi connectivity index (χ1) is 7.43. The highest BCUT2D eigenvalue weighted by Crippen LogP contribution is 2.24. The van der Waals surface area contributed by atoms with Gasteiger partial charge in [0, 0.05) is 12.6 Å². The molecule has 0 amide bonds. The third kappa shape index (κ3) is 4.42. The van der Waals surface area contributed by atoms with Gasteiger partial charge in [-0.1, -0.05) is 40.5 Å². The van der Waals surface area contributed by atoms with Crippen LogP contribution in [0.5, 0.6) is 0 Å². The van der Waals surface area contributed by atoms with E-state index in [1.54, 1.807) is 0 Å². The Morgan fingerprint density at radius 3 is 2.25 bits per heavy atom. The molecule has 0 saturated carbocycles. The molecule has 1 fully saturated rings. The number of nitrogens with zero attached hydrogens (tertiary/aromatic N) is 1. The van der Waals surface area contributed by atoms with Crippen molar-refractivity contribution in [2.24, 2.45) is 17.1 Å². The van der Waals surface area contributed by atoms with Gasteiger partial charge in [0.2, 0.25) is 0 Å². The van der Waals surface area contributed by atoms with Crippen LogP contribution in [0.1, 0.15) is 53.4 Å². The predicted octanol–water partition coefficient (Wildman–Crippen LogP) is 2.87. The van der Waals surface area contributed by atoms with Crippen LogP contribution < -0.4 is 5.73 Å². The molecule has 0 radical (unpaired) electrons. The van der Waals surface area contributed by atoms with Gasteiger partial charge in [0.25, 0.3) is 0 Å². The Kier molecular flexibility index (Phi) is 5.26. The van der Waals surface area contributed by atoms with E-state index in [1.165, 1.54) is 38.8 Å². The number of hydrogen-bond acceptors (Lipinski definition) is 2. The largest absolute Gasteiger partial charge is 0.326 e. The van der Waals surface area contributed by atoms with Crippen molar-refractivity contribution in [3.8, 4) is 0 Å². The van der Waals surface area contributed by atoms with E-state index >= 15 is 0 Å². The Balaban J connectivity index is 2.27. The second kappa shape index (κ2) is 6.02. The van der Waals surface area contributed by atoms with E-state index in [2.05, 4.69) is 32.6 Å². The minimum absolute atomic E-state index is 0.236. The van der Waals surface area contributed by atoms with E-state index in [0.29, 0.717) is 6.04 Å². The lowest BCUT2D eigenvalue weighted by molar-refractivity contribution is 0.144. The molecule has 1 unspecified atom stereocenters. The van der Waals surface area contributed by atoms with Gasteiger partial charge in [-0.05, 0) is 37.3 Å². The highest BCUT2D eigenvalue weighted by atomic mass is 15.1. The molecule has 2 N–H and O–H groups in total. The van der Waals surface area contributed by atoms with E-state index in [9.17, 15) is 0 Å². The molecule has 2 nitrogen and oxygen atoms in total.